The average Bonchev–Trinajstić information content (AvgIpc) is 2.85. The zero-order chi connectivity index (χ0) is 24.7. The number of carbonyl (C=O) groups is 2. The number of hydrogen-bond donors (Lipinski definition) is 1. The van der Waals surface area contributed by atoms with Crippen LogP contribution in [0.4, 0.5) is 0 Å². The summed E-state index contributed by atoms with van der Waals surface area (Å²) in [7, 11) is 1.45. The van der Waals surface area contributed by atoms with Crippen LogP contribution in [0.1, 0.15) is 48.5 Å². The Kier molecular flexibility index (Phi) is 6.30. The Hall–Kier alpha value is -2.92. The summed E-state index contributed by atoms with van der Waals surface area (Å²) in [5.74, 6) is 0.180. The number of fused-ring (bicyclic) bond motifs is 3. The molecule has 0 spiro atoms. The normalized spacial score (nSPS) is 23.5. The highest BCUT2D eigenvalue weighted by molar-refractivity contribution is 9.10. The minimum absolute atomic E-state index is 0.0712. The van der Waals surface area contributed by atoms with Crippen LogP contribution in [0.5, 0.6) is 0 Å². The standard InChI is InChI=1S/C30H30BrNO3/c1-18-24(20-7-5-4-6-8-20)14-21-10-11-23(31)15-25(21)27(18)28(33)32-26-12-9-19-13-22(26)17-30(2,16-19)29(34)35-3/h4-8,10-11,14-15,17,19,26H,9,12-13,16H2,1-3H3,(H,32,33). The van der Waals surface area contributed by atoms with Gasteiger partial charge < -0.3 is 10.1 Å². The Balaban J connectivity index is 1.55. The second-order valence-corrected chi connectivity index (χ2v) is 11.1. The molecular formula is C30H30BrNO3. The minimum atomic E-state index is -0.628. The third kappa shape index (κ3) is 4.42. The maximum atomic E-state index is 13.9. The number of amides is 1. The van der Waals surface area contributed by atoms with Crippen molar-refractivity contribution in [3.8, 4) is 11.1 Å². The summed E-state index contributed by atoms with van der Waals surface area (Å²) in [6.45, 7) is 3.98. The van der Waals surface area contributed by atoms with Gasteiger partial charge in [-0.05, 0) is 91.1 Å². The molecule has 0 aromatic heterocycles. The van der Waals surface area contributed by atoms with Crippen LogP contribution in [0.15, 0.2) is 70.7 Å². The van der Waals surface area contributed by atoms with E-state index in [1.54, 1.807) is 0 Å². The zero-order valence-corrected chi connectivity index (χ0v) is 21.9. The first-order chi connectivity index (χ1) is 16.8. The molecule has 5 heteroatoms. The maximum Gasteiger partial charge on any atom is 0.315 e. The molecule has 180 valence electrons. The number of nitrogens with one attached hydrogen (secondary N) is 1. The van der Waals surface area contributed by atoms with E-state index in [4.69, 9.17) is 4.74 Å². The summed E-state index contributed by atoms with van der Waals surface area (Å²) >= 11 is 3.59. The smallest absolute Gasteiger partial charge is 0.315 e. The molecule has 3 aromatic carbocycles. The number of halogens is 1. The predicted octanol–water partition coefficient (Wildman–Crippen LogP) is 6.99. The molecule has 0 heterocycles. The lowest BCUT2D eigenvalue weighted by atomic mass is 9.66. The van der Waals surface area contributed by atoms with E-state index in [-0.39, 0.29) is 17.9 Å². The van der Waals surface area contributed by atoms with Crippen molar-refractivity contribution in [2.45, 2.75) is 45.6 Å². The molecule has 1 fully saturated rings. The van der Waals surface area contributed by atoms with E-state index in [1.807, 2.05) is 44.2 Å². The van der Waals surface area contributed by atoms with Crippen LogP contribution in [0, 0.1) is 18.3 Å². The fraction of sp³-hybridized carbons (Fsp3) is 0.333. The van der Waals surface area contributed by atoms with Crippen molar-refractivity contribution in [2.75, 3.05) is 7.11 Å². The second kappa shape index (κ2) is 9.27. The van der Waals surface area contributed by atoms with Crippen LogP contribution in [0.3, 0.4) is 0 Å². The van der Waals surface area contributed by atoms with Crippen molar-refractivity contribution in [1.82, 2.24) is 5.32 Å². The lowest BCUT2D eigenvalue weighted by Gasteiger charge is -2.41. The molecular weight excluding hydrogens is 502 g/mol. The first kappa shape index (κ1) is 23.8. The van der Waals surface area contributed by atoms with E-state index in [0.29, 0.717) is 11.5 Å². The largest absolute Gasteiger partial charge is 0.468 e. The van der Waals surface area contributed by atoms with Crippen LogP contribution in [0.25, 0.3) is 21.9 Å². The Morgan fingerprint density at radius 1 is 1.09 bits per heavy atom. The van der Waals surface area contributed by atoms with Gasteiger partial charge in [-0.3, -0.25) is 9.59 Å². The number of esters is 1. The first-order valence-corrected chi connectivity index (χ1v) is 13.0. The molecule has 5 rings (SSSR count). The van der Waals surface area contributed by atoms with Gasteiger partial charge in [-0.2, -0.15) is 0 Å². The Morgan fingerprint density at radius 3 is 2.60 bits per heavy atom. The van der Waals surface area contributed by atoms with Crippen molar-refractivity contribution in [2.24, 2.45) is 11.3 Å². The van der Waals surface area contributed by atoms with Gasteiger partial charge in [-0.25, -0.2) is 0 Å². The molecule has 3 atom stereocenters. The van der Waals surface area contributed by atoms with E-state index < -0.39 is 5.41 Å². The van der Waals surface area contributed by atoms with Crippen molar-refractivity contribution < 1.29 is 14.3 Å². The Bertz CT molecular complexity index is 1350. The van der Waals surface area contributed by atoms with Gasteiger partial charge in [0, 0.05) is 4.47 Å². The molecule has 0 aliphatic heterocycles. The topological polar surface area (TPSA) is 55.4 Å². The highest BCUT2D eigenvalue weighted by Crippen LogP contribution is 2.45. The molecule has 0 saturated heterocycles. The predicted molar refractivity (Wildman–Crippen MR) is 143 cm³/mol. The Morgan fingerprint density at radius 2 is 1.86 bits per heavy atom. The van der Waals surface area contributed by atoms with Gasteiger partial charge in [0.05, 0.1) is 24.1 Å². The number of benzene rings is 3. The number of methoxy groups -OCH3 is 1. The van der Waals surface area contributed by atoms with E-state index in [1.165, 1.54) is 7.11 Å². The molecule has 1 saturated carbocycles. The maximum absolute atomic E-state index is 13.9. The van der Waals surface area contributed by atoms with Crippen LogP contribution in [0.2, 0.25) is 0 Å². The molecule has 2 bridgehead atoms. The molecule has 3 unspecified atom stereocenters. The fourth-order valence-electron chi connectivity index (χ4n) is 6.02. The van der Waals surface area contributed by atoms with E-state index in [0.717, 1.165) is 63.2 Å². The van der Waals surface area contributed by atoms with Crippen molar-refractivity contribution in [3.63, 3.8) is 0 Å². The van der Waals surface area contributed by atoms with E-state index in [9.17, 15) is 9.59 Å². The number of rotatable bonds is 4. The number of carbonyl (C=O) groups excluding carboxylic acids is 2. The molecule has 1 N–H and O–H groups in total. The quantitative estimate of drug-likeness (QED) is 0.291. The monoisotopic (exact) mass is 531 g/mol. The van der Waals surface area contributed by atoms with Crippen molar-refractivity contribution >= 4 is 38.6 Å². The molecule has 3 aromatic rings. The molecule has 1 amide bonds. The van der Waals surface area contributed by atoms with Gasteiger partial charge in [0.25, 0.3) is 5.91 Å². The van der Waals surface area contributed by atoms with Crippen LogP contribution < -0.4 is 5.32 Å². The SMILES string of the molecule is COC(=O)C1(C)C=C2CC(CCC2NC(=O)c2c(C)c(-c3ccccc3)cc3ccc(Br)cc23)C1. The molecule has 0 radical (unpaired) electrons. The third-order valence-electron chi connectivity index (χ3n) is 7.68. The summed E-state index contributed by atoms with van der Waals surface area (Å²) in [6, 6.07) is 18.4. The van der Waals surface area contributed by atoms with Gasteiger partial charge >= 0.3 is 5.97 Å². The third-order valence-corrected chi connectivity index (χ3v) is 8.18. The summed E-state index contributed by atoms with van der Waals surface area (Å²) in [6.07, 6.45) is 5.66. The van der Waals surface area contributed by atoms with Crippen molar-refractivity contribution in [1.29, 1.82) is 0 Å². The van der Waals surface area contributed by atoms with E-state index in [2.05, 4.69) is 51.6 Å². The highest BCUT2D eigenvalue weighted by atomic mass is 79.9. The average molecular weight is 532 g/mol. The van der Waals surface area contributed by atoms with Gasteiger partial charge in [-0.1, -0.05) is 64.0 Å². The van der Waals surface area contributed by atoms with Crippen molar-refractivity contribution in [3.05, 3.63) is 81.8 Å². The Labute approximate surface area is 214 Å². The van der Waals surface area contributed by atoms with Gasteiger partial charge in [-0.15, -0.1) is 0 Å². The summed E-state index contributed by atoms with van der Waals surface area (Å²) in [5, 5.41) is 5.30. The lowest BCUT2D eigenvalue weighted by Crippen LogP contribution is -2.44. The minimum Gasteiger partial charge on any atom is -0.468 e. The molecule has 4 nitrogen and oxygen atoms in total. The van der Waals surface area contributed by atoms with Crippen LogP contribution >= 0.6 is 15.9 Å². The van der Waals surface area contributed by atoms with Gasteiger partial charge in [0.1, 0.15) is 0 Å². The molecule has 2 aliphatic carbocycles. The first-order valence-electron chi connectivity index (χ1n) is 12.2. The highest BCUT2D eigenvalue weighted by Gasteiger charge is 2.42. The van der Waals surface area contributed by atoms with Crippen LogP contribution in [-0.2, 0) is 9.53 Å². The zero-order valence-electron chi connectivity index (χ0n) is 20.4. The fourth-order valence-corrected chi connectivity index (χ4v) is 6.38. The number of ether oxygens (including phenoxy) is 1. The van der Waals surface area contributed by atoms with Gasteiger partial charge in [0.2, 0.25) is 0 Å². The van der Waals surface area contributed by atoms with Gasteiger partial charge in [0.15, 0.2) is 0 Å². The molecule has 2 aliphatic rings. The summed E-state index contributed by atoms with van der Waals surface area (Å²) in [5.41, 5.74) is 4.34. The second-order valence-electron chi connectivity index (χ2n) is 10.2. The van der Waals surface area contributed by atoms with Crippen LogP contribution in [-0.4, -0.2) is 25.0 Å². The summed E-state index contributed by atoms with van der Waals surface area (Å²) in [4.78, 5) is 26.4. The van der Waals surface area contributed by atoms with E-state index >= 15 is 0 Å². The number of hydrogen-bond acceptors (Lipinski definition) is 3. The molecule has 35 heavy (non-hydrogen) atoms. The lowest BCUT2D eigenvalue weighted by molar-refractivity contribution is -0.150. The summed E-state index contributed by atoms with van der Waals surface area (Å²) < 4.78 is 6.04.